The van der Waals surface area contributed by atoms with Gasteiger partial charge in [-0.1, -0.05) is 72.2 Å². The van der Waals surface area contributed by atoms with E-state index in [4.69, 9.17) is 0 Å². The van der Waals surface area contributed by atoms with E-state index in [-0.39, 0.29) is 4.83 Å². The van der Waals surface area contributed by atoms with Crippen LogP contribution < -0.4 is 0 Å². The highest BCUT2D eigenvalue weighted by molar-refractivity contribution is 9.09. The van der Waals surface area contributed by atoms with Crippen LogP contribution in [0.3, 0.4) is 0 Å². The lowest BCUT2D eigenvalue weighted by molar-refractivity contribution is 0.733. The molecule has 2 aromatic carbocycles. The molecule has 0 aliphatic carbocycles. The summed E-state index contributed by atoms with van der Waals surface area (Å²) >= 11 is 3.86. The van der Waals surface area contributed by atoms with Crippen molar-refractivity contribution in [2.75, 3.05) is 0 Å². The monoisotopic (exact) mass is 330 g/mol. The van der Waals surface area contributed by atoms with Gasteiger partial charge in [-0.05, 0) is 54.0 Å². The van der Waals surface area contributed by atoms with E-state index < -0.39 is 0 Å². The first kappa shape index (κ1) is 15.3. The molecule has 0 saturated heterocycles. The Hall–Kier alpha value is -1.08. The Labute approximate surface area is 131 Å². The summed E-state index contributed by atoms with van der Waals surface area (Å²) in [6, 6.07) is 15.6. The lowest BCUT2D eigenvalue weighted by Crippen LogP contribution is -1.98. The summed E-state index contributed by atoms with van der Waals surface area (Å²) in [6.07, 6.45) is 1.19. The van der Waals surface area contributed by atoms with Gasteiger partial charge in [-0.2, -0.15) is 0 Å². The van der Waals surface area contributed by atoms with E-state index >= 15 is 0 Å². The predicted molar refractivity (Wildman–Crippen MR) is 91.8 cm³/mol. The van der Waals surface area contributed by atoms with Gasteiger partial charge in [0.25, 0.3) is 0 Å². The van der Waals surface area contributed by atoms with E-state index in [0.29, 0.717) is 5.92 Å². The maximum absolute atomic E-state index is 3.86. The fourth-order valence-corrected chi connectivity index (χ4v) is 3.26. The van der Waals surface area contributed by atoms with E-state index in [0.717, 1.165) is 0 Å². The van der Waals surface area contributed by atoms with Crippen LogP contribution in [-0.4, -0.2) is 0 Å². The highest BCUT2D eigenvalue weighted by Crippen LogP contribution is 2.34. The SMILES string of the molecule is CCC(C)c1ccc(C(Br)c2cccc(C)c2C)cc1. The molecule has 106 valence electrons. The summed E-state index contributed by atoms with van der Waals surface area (Å²) in [5.74, 6) is 0.638. The highest BCUT2D eigenvalue weighted by atomic mass is 79.9. The summed E-state index contributed by atoms with van der Waals surface area (Å²) in [5, 5.41) is 0. The Bertz CT molecular complexity index is 569. The Morgan fingerprint density at radius 2 is 1.55 bits per heavy atom. The van der Waals surface area contributed by atoms with Gasteiger partial charge in [-0.15, -0.1) is 0 Å². The van der Waals surface area contributed by atoms with E-state index in [9.17, 15) is 0 Å². The van der Waals surface area contributed by atoms with Crippen molar-refractivity contribution in [3.8, 4) is 0 Å². The maximum Gasteiger partial charge on any atom is 0.0647 e. The van der Waals surface area contributed by atoms with Gasteiger partial charge in [0.15, 0.2) is 0 Å². The topological polar surface area (TPSA) is 0 Å². The van der Waals surface area contributed by atoms with Crippen LogP contribution in [0, 0.1) is 13.8 Å². The van der Waals surface area contributed by atoms with E-state index in [1.54, 1.807) is 0 Å². The van der Waals surface area contributed by atoms with Crippen LogP contribution in [0.15, 0.2) is 42.5 Å². The molecular weight excluding hydrogens is 308 g/mol. The first-order valence-corrected chi connectivity index (χ1v) is 8.26. The number of aryl methyl sites for hydroxylation is 1. The van der Waals surface area contributed by atoms with Gasteiger partial charge in [0.05, 0.1) is 4.83 Å². The number of benzene rings is 2. The van der Waals surface area contributed by atoms with Crippen LogP contribution in [-0.2, 0) is 0 Å². The Morgan fingerprint density at radius 1 is 0.950 bits per heavy atom. The molecule has 2 atom stereocenters. The number of hydrogen-bond donors (Lipinski definition) is 0. The summed E-state index contributed by atoms with van der Waals surface area (Å²) in [7, 11) is 0. The fourth-order valence-electron chi connectivity index (χ4n) is 2.46. The second kappa shape index (κ2) is 6.58. The molecule has 20 heavy (non-hydrogen) atoms. The molecule has 0 amide bonds. The Balaban J connectivity index is 2.29. The van der Waals surface area contributed by atoms with E-state index in [1.807, 2.05) is 0 Å². The molecule has 0 bridgehead atoms. The zero-order valence-corrected chi connectivity index (χ0v) is 14.4. The van der Waals surface area contributed by atoms with Crippen LogP contribution in [0.1, 0.15) is 58.8 Å². The molecule has 0 saturated carbocycles. The smallest absolute Gasteiger partial charge is 0.0647 e. The van der Waals surface area contributed by atoms with Gasteiger partial charge in [-0.3, -0.25) is 0 Å². The van der Waals surface area contributed by atoms with Gasteiger partial charge in [-0.25, -0.2) is 0 Å². The minimum Gasteiger partial charge on any atom is -0.0786 e. The quantitative estimate of drug-likeness (QED) is 0.577. The second-order valence-electron chi connectivity index (χ2n) is 5.63. The van der Waals surface area contributed by atoms with Crippen molar-refractivity contribution in [2.24, 2.45) is 0 Å². The summed E-state index contributed by atoms with van der Waals surface area (Å²) < 4.78 is 0. The number of rotatable bonds is 4. The molecular formula is C19H23Br. The third-order valence-corrected chi connectivity index (χ3v) is 5.35. The molecule has 0 aromatic heterocycles. The highest BCUT2D eigenvalue weighted by Gasteiger charge is 2.14. The minimum atomic E-state index is 0.272. The lowest BCUT2D eigenvalue weighted by Gasteiger charge is -2.16. The summed E-state index contributed by atoms with van der Waals surface area (Å²) in [4.78, 5) is 0.272. The zero-order chi connectivity index (χ0) is 14.7. The zero-order valence-electron chi connectivity index (χ0n) is 12.8. The van der Waals surface area contributed by atoms with Crippen molar-refractivity contribution in [1.82, 2.24) is 0 Å². The van der Waals surface area contributed by atoms with Crippen molar-refractivity contribution in [3.05, 3.63) is 70.3 Å². The molecule has 0 radical (unpaired) electrons. The van der Waals surface area contributed by atoms with Crippen molar-refractivity contribution >= 4 is 15.9 Å². The molecule has 0 heterocycles. The molecule has 2 rings (SSSR count). The largest absolute Gasteiger partial charge is 0.0786 e. The van der Waals surface area contributed by atoms with Gasteiger partial charge < -0.3 is 0 Å². The molecule has 0 aliphatic heterocycles. The third-order valence-electron chi connectivity index (χ3n) is 4.33. The lowest BCUT2D eigenvalue weighted by atomic mass is 9.94. The molecule has 0 nitrogen and oxygen atoms in total. The first-order valence-electron chi connectivity index (χ1n) is 7.34. The van der Waals surface area contributed by atoms with Crippen LogP contribution >= 0.6 is 15.9 Å². The van der Waals surface area contributed by atoms with Crippen LogP contribution in [0.4, 0.5) is 0 Å². The van der Waals surface area contributed by atoms with Gasteiger partial charge in [0.1, 0.15) is 0 Å². The van der Waals surface area contributed by atoms with Crippen molar-refractivity contribution < 1.29 is 0 Å². The summed E-state index contributed by atoms with van der Waals surface area (Å²) in [5.41, 5.74) is 6.84. The minimum absolute atomic E-state index is 0.272. The molecule has 1 heteroatoms. The van der Waals surface area contributed by atoms with Crippen LogP contribution in [0.25, 0.3) is 0 Å². The van der Waals surface area contributed by atoms with Crippen molar-refractivity contribution in [1.29, 1.82) is 0 Å². The number of alkyl halides is 1. The molecule has 0 N–H and O–H groups in total. The van der Waals surface area contributed by atoms with E-state index in [1.165, 1.54) is 34.2 Å². The number of hydrogen-bond acceptors (Lipinski definition) is 0. The second-order valence-corrected chi connectivity index (χ2v) is 6.54. The molecule has 0 spiro atoms. The van der Waals surface area contributed by atoms with Crippen molar-refractivity contribution in [2.45, 2.75) is 44.9 Å². The average molecular weight is 331 g/mol. The maximum atomic E-state index is 3.86. The average Bonchev–Trinajstić information content (AvgIpc) is 2.48. The first-order chi connectivity index (χ1) is 9.54. The standard InChI is InChI=1S/C19H23Br/c1-5-13(2)16-9-11-17(12-10-16)19(20)18-8-6-7-14(3)15(18)4/h6-13,19H,5H2,1-4H3. The Kier molecular flexibility index (Phi) is 5.04. The number of halogens is 1. The van der Waals surface area contributed by atoms with Gasteiger partial charge >= 0.3 is 0 Å². The Morgan fingerprint density at radius 3 is 2.15 bits per heavy atom. The molecule has 2 unspecified atom stereocenters. The fraction of sp³-hybridized carbons (Fsp3) is 0.368. The van der Waals surface area contributed by atoms with E-state index in [2.05, 4.69) is 86.1 Å². The predicted octanol–water partition coefficient (Wildman–Crippen LogP) is 6.30. The van der Waals surface area contributed by atoms with Crippen LogP contribution in [0.5, 0.6) is 0 Å². The normalized spacial score (nSPS) is 14.1. The molecule has 0 aliphatic rings. The van der Waals surface area contributed by atoms with Gasteiger partial charge in [0, 0.05) is 0 Å². The third kappa shape index (κ3) is 3.15. The van der Waals surface area contributed by atoms with Gasteiger partial charge in [0.2, 0.25) is 0 Å². The molecule has 2 aromatic rings. The molecule has 0 fully saturated rings. The van der Waals surface area contributed by atoms with Crippen molar-refractivity contribution in [3.63, 3.8) is 0 Å². The summed E-state index contributed by atoms with van der Waals surface area (Å²) in [6.45, 7) is 8.89. The van der Waals surface area contributed by atoms with Crippen LogP contribution in [0.2, 0.25) is 0 Å².